The van der Waals surface area contributed by atoms with E-state index in [1.807, 2.05) is 77.5 Å². The Hall–Kier alpha value is -2.85. The quantitative estimate of drug-likeness (QED) is 0.555. The van der Waals surface area contributed by atoms with Gasteiger partial charge in [0.25, 0.3) is 0 Å². The van der Waals surface area contributed by atoms with Gasteiger partial charge in [-0.25, -0.2) is 0 Å². The Morgan fingerprint density at radius 3 is 2.60 bits per heavy atom. The number of furan rings is 1. The van der Waals surface area contributed by atoms with Gasteiger partial charge in [-0.15, -0.1) is 0 Å². The summed E-state index contributed by atoms with van der Waals surface area (Å²) in [7, 11) is 0. The standard InChI is InChI=1S/C21H17NO2S/c23-20(12-15-10-11-25-14-15)22-21(16-6-2-1-3-7-16)19-13-17-8-4-5-9-18(17)24-19/h1-11,13-14,21H,12H2,(H,22,23). The highest BCUT2D eigenvalue weighted by atomic mass is 32.1. The number of fused-ring (bicyclic) bond motifs is 1. The van der Waals surface area contributed by atoms with Crippen molar-refractivity contribution >= 4 is 28.2 Å². The second-order valence-corrected chi connectivity index (χ2v) is 6.69. The van der Waals surface area contributed by atoms with Gasteiger partial charge in [0.2, 0.25) is 5.91 Å². The molecule has 2 aromatic heterocycles. The molecule has 1 N–H and O–H groups in total. The maximum Gasteiger partial charge on any atom is 0.225 e. The van der Waals surface area contributed by atoms with E-state index in [0.717, 1.165) is 27.9 Å². The van der Waals surface area contributed by atoms with E-state index < -0.39 is 0 Å². The lowest BCUT2D eigenvalue weighted by Gasteiger charge is -2.17. The molecule has 4 rings (SSSR count). The monoisotopic (exact) mass is 347 g/mol. The summed E-state index contributed by atoms with van der Waals surface area (Å²) in [6.45, 7) is 0. The van der Waals surface area contributed by atoms with Crippen molar-refractivity contribution < 1.29 is 9.21 Å². The molecule has 1 amide bonds. The highest BCUT2D eigenvalue weighted by Crippen LogP contribution is 2.28. The second-order valence-electron chi connectivity index (χ2n) is 5.91. The van der Waals surface area contributed by atoms with Crippen LogP contribution in [0.2, 0.25) is 0 Å². The van der Waals surface area contributed by atoms with Crippen LogP contribution in [0.5, 0.6) is 0 Å². The fourth-order valence-corrected chi connectivity index (χ4v) is 3.57. The molecule has 0 aliphatic carbocycles. The van der Waals surface area contributed by atoms with Gasteiger partial charge in [-0.05, 0) is 40.1 Å². The normalized spacial score (nSPS) is 12.2. The third-order valence-electron chi connectivity index (χ3n) is 4.11. The smallest absolute Gasteiger partial charge is 0.225 e. The van der Waals surface area contributed by atoms with E-state index in [0.29, 0.717) is 6.42 Å². The first-order valence-corrected chi connectivity index (χ1v) is 9.08. The third-order valence-corrected chi connectivity index (χ3v) is 4.84. The maximum absolute atomic E-state index is 12.5. The van der Waals surface area contributed by atoms with Gasteiger partial charge in [0.05, 0.1) is 6.42 Å². The van der Waals surface area contributed by atoms with Crippen LogP contribution in [-0.2, 0) is 11.2 Å². The SMILES string of the molecule is O=C(Cc1ccsc1)NC(c1ccccc1)c1cc2ccccc2o1. The molecule has 124 valence electrons. The van der Waals surface area contributed by atoms with Crippen molar-refractivity contribution in [1.29, 1.82) is 0 Å². The van der Waals surface area contributed by atoms with Crippen LogP contribution in [0.15, 0.2) is 81.9 Å². The van der Waals surface area contributed by atoms with Crippen LogP contribution in [0, 0.1) is 0 Å². The van der Waals surface area contributed by atoms with Crippen molar-refractivity contribution in [2.24, 2.45) is 0 Å². The van der Waals surface area contributed by atoms with Crippen LogP contribution in [0.25, 0.3) is 11.0 Å². The molecule has 3 nitrogen and oxygen atoms in total. The molecule has 4 heteroatoms. The molecule has 0 spiro atoms. The summed E-state index contributed by atoms with van der Waals surface area (Å²) in [5.74, 6) is 0.721. The summed E-state index contributed by atoms with van der Waals surface area (Å²) in [4.78, 5) is 12.5. The van der Waals surface area contributed by atoms with Gasteiger partial charge in [-0.2, -0.15) is 11.3 Å². The van der Waals surface area contributed by atoms with Gasteiger partial charge in [-0.3, -0.25) is 4.79 Å². The van der Waals surface area contributed by atoms with Crippen molar-refractivity contribution in [3.05, 3.63) is 94.4 Å². The van der Waals surface area contributed by atoms with E-state index in [1.54, 1.807) is 11.3 Å². The molecular formula is C21H17NO2S. The van der Waals surface area contributed by atoms with Crippen LogP contribution in [0.3, 0.4) is 0 Å². The zero-order chi connectivity index (χ0) is 17.1. The van der Waals surface area contributed by atoms with Crippen molar-refractivity contribution in [2.75, 3.05) is 0 Å². The average Bonchev–Trinajstić information content (AvgIpc) is 3.29. The largest absolute Gasteiger partial charge is 0.459 e. The second kappa shape index (κ2) is 6.95. The van der Waals surface area contributed by atoms with E-state index in [1.165, 1.54) is 0 Å². The average molecular weight is 347 g/mol. The van der Waals surface area contributed by atoms with Gasteiger partial charge in [0.15, 0.2) is 0 Å². The predicted octanol–water partition coefficient (Wildman–Crippen LogP) is 4.94. The first-order chi connectivity index (χ1) is 12.3. The Morgan fingerprint density at radius 2 is 1.84 bits per heavy atom. The van der Waals surface area contributed by atoms with Crippen LogP contribution in [0.4, 0.5) is 0 Å². The summed E-state index contributed by atoms with van der Waals surface area (Å²) in [5, 5.41) is 8.13. The van der Waals surface area contributed by atoms with E-state index in [4.69, 9.17) is 4.42 Å². The Morgan fingerprint density at radius 1 is 1.04 bits per heavy atom. The van der Waals surface area contributed by atoms with Crippen LogP contribution >= 0.6 is 11.3 Å². The van der Waals surface area contributed by atoms with Gasteiger partial charge in [-0.1, -0.05) is 48.5 Å². The van der Waals surface area contributed by atoms with Crippen LogP contribution < -0.4 is 5.32 Å². The minimum absolute atomic E-state index is 0.0206. The summed E-state index contributed by atoms with van der Waals surface area (Å²) < 4.78 is 6.01. The minimum Gasteiger partial charge on any atom is -0.459 e. The molecule has 1 unspecified atom stereocenters. The summed E-state index contributed by atoms with van der Waals surface area (Å²) in [6, 6.07) is 21.5. The van der Waals surface area contributed by atoms with E-state index in [-0.39, 0.29) is 11.9 Å². The van der Waals surface area contributed by atoms with E-state index in [9.17, 15) is 4.79 Å². The molecule has 1 atom stereocenters. The molecule has 4 aromatic rings. The number of amides is 1. The molecule has 25 heavy (non-hydrogen) atoms. The summed E-state index contributed by atoms with van der Waals surface area (Å²) in [5.41, 5.74) is 2.85. The summed E-state index contributed by atoms with van der Waals surface area (Å²) >= 11 is 1.60. The minimum atomic E-state index is -0.306. The lowest BCUT2D eigenvalue weighted by molar-refractivity contribution is -0.121. The number of benzene rings is 2. The molecule has 0 saturated heterocycles. The number of carbonyl (C=O) groups is 1. The topological polar surface area (TPSA) is 42.2 Å². The van der Waals surface area contributed by atoms with Crippen molar-refractivity contribution in [3.8, 4) is 0 Å². The van der Waals surface area contributed by atoms with Crippen molar-refractivity contribution in [3.63, 3.8) is 0 Å². The number of para-hydroxylation sites is 1. The zero-order valence-corrected chi connectivity index (χ0v) is 14.3. The molecule has 0 bridgehead atoms. The third kappa shape index (κ3) is 3.49. The molecule has 0 fully saturated rings. The Kier molecular flexibility index (Phi) is 4.36. The number of hydrogen-bond donors (Lipinski definition) is 1. The van der Waals surface area contributed by atoms with Crippen molar-refractivity contribution in [1.82, 2.24) is 5.32 Å². The Balaban J connectivity index is 1.65. The Bertz CT molecular complexity index is 940. The lowest BCUT2D eigenvalue weighted by Crippen LogP contribution is -2.30. The number of carbonyl (C=O) groups excluding carboxylic acids is 1. The first kappa shape index (κ1) is 15.7. The van der Waals surface area contributed by atoms with Crippen molar-refractivity contribution in [2.45, 2.75) is 12.5 Å². The number of nitrogens with one attached hydrogen (secondary N) is 1. The van der Waals surface area contributed by atoms with E-state index in [2.05, 4.69) is 5.32 Å². The molecule has 0 radical (unpaired) electrons. The summed E-state index contributed by atoms with van der Waals surface area (Å²) in [6.07, 6.45) is 0.368. The van der Waals surface area contributed by atoms with Gasteiger partial charge < -0.3 is 9.73 Å². The molecule has 0 saturated carbocycles. The molecule has 0 aliphatic rings. The van der Waals surface area contributed by atoms with E-state index >= 15 is 0 Å². The van der Waals surface area contributed by atoms with Gasteiger partial charge in [0, 0.05) is 5.39 Å². The van der Waals surface area contributed by atoms with Crippen LogP contribution in [0.1, 0.15) is 22.9 Å². The molecule has 0 aliphatic heterocycles. The maximum atomic E-state index is 12.5. The zero-order valence-electron chi connectivity index (χ0n) is 13.5. The molecule has 2 aromatic carbocycles. The number of thiophene rings is 1. The fourth-order valence-electron chi connectivity index (χ4n) is 2.90. The van der Waals surface area contributed by atoms with Crippen LogP contribution in [-0.4, -0.2) is 5.91 Å². The highest BCUT2D eigenvalue weighted by Gasteiger charge is 2.21. The molecule has 2 heterocycles. The fraction of sp³-hybridized carbons (Fsp3) is 0.0952. The van der Waals surface area contributed by atoms with Gasteiger partial charge >= 0.3 is 0 Å². The lowest BCUT2D eigenvalue weighted by atomic mass is 10.0. The van der Waals surface area contributed by atoms with Gasteiger partial charge in [0.1, 0.15) is 17.4 Å². The first-order valence-electron chi connectivity index (χ1n) is 8.13. The number of rotatable bonds is 5. The number of hydrogen-bond acceptors (Lipinski definition) is 3. The molecular weight excluding hydrogens is 330 g/mol. The predicted molar refractivity (Wildman–Crippen MR) is 101 cm³/mol. The Labute approximate surface area is 149 Å². The highest BCUT2D eigenvalue weighted by molar-refractivity contribution is 7.08.